The van der Waals surface area contributed by atoms with E-state index in [1.807, 2.05) is 0 Å². The van der Waals surface area contributed by atoms with Crippen LogP contribution in [-0.4, -0.2) is 35.6 Å². The van der Waals surface area contributed by atoms with Gasteiger partial charge < -0.3 is 14.2 Å². The van der Waals surface area contributed by atoms with Crippen LogP contribution in [0.2, 0.25) is 0 Å². The second-order valence-corrected chi connectivity index (χ2v) is 6.30. The van der Waals surface area contributed by atoms with Crippen molar-refractivity contribution in [1.82, 2.24) is 9.97 Å². The molecule has 0 aliphatic carbocycles. The van der Waals surface area contributed by atoms with E-state index >= 15 is 0 Å². The van der Waals surface area contributed by atoms with Crippen LogP contribution in [-0.2, 0) is 26.9 Å². The number of halogens is 3. The minimum Gasteiger partial charge on any atom is -0.469 e. The second kappa shape index (κ2) is 8.99. The van der Waals surface area contributed by atoms with E-state index in [9.17, 15) is 22.8 Å². The number of methoxy groups -OCH3 is 1. The number of carbonyl (C=O) groups excluding carboxylic acids is 2. The first-order valence-corrected chi connectivity index (χ1v) is 9.11. The van der Waals surface area contributed by atoms with Gasteiger partial charge in [-0.05, 0) is 42.8 Å². The molecule has 0 saturated carbocycles. The van der Waals surface area contributed by atoms with Crippen molar-refractivity contribution < 1.29 is 37.0 Å². The molecule has 0 bridgehead atoms. The lowest BCUT2D eigenvalue weighted by molar-refractivity contribution is -0.140. The van der Waals surface area contributed by atoms with Crippen molar-refractivity contribution in [2.45, 2.75) is 19.5 Å². The van der Waals surface area contributed by atoms with E-state index in [4.69, 9.17) is 9.47 Å². The highest BCUT2D eigenvalue weighted by molar-refractivity contribution is 5.92. The zero-order valence-corrected chi connectivity index (χ0v) is 16.5. The van der Waals surface area contributed by atoms with Gasteiger partial charge in [0.15, 0.2) is 0 Å². The number of fused-ring (bicyclic) bond motifs is 1. The molecule has 0 atom stereocenters. The average Bonchev–Trinajstić information content (AvgIpc) is 2.73. The number of alkyl halides is 3. The molecule has 0 amide bonds. The molecule has 3 aromatic rings. The highest BCUT2D eigenvalue weighted by Crippen LogP contribution is 2.32. The molecule has 0 aliphatic heterocycles. The molecule has 0 aliphatic rings. The fourth-order valence-corrected chi connectivity index (χ4v) is 2.64. The largest absolute Gasteiger partial charge is 0.469 e. The molecule has 0 saturated heterocycles. The van der Waals surface area contributed by atoms with Gasteiger partial charge in [-0.15, -0.1) is 0 Å². The van der Waals surface area contributed by atoms with E-state index in [1.165, 1.54) is 19.2 Å². The Morgan fingerprint density at radius 3 is 2.32 bits per heavy atom. The number of nitrogens with zero attached hydrogens (tertiary/aromatic N) is 2. The molecule has 10 heteroatoms. The van der Waals surface area contributed by atoms with Gasteiger partial charge in [0.25, 0.3) is 5.88 Å². The molecule has 0 N–H and O–H groups in total. The van der Waals surface area contributed by atoms with Crippen molar-refractivity contribution in [3.63, 3.8) is 0 Å². The normalized spacial score (nSPS) is 11.3. The van der Waals surface area contributed by atoms with Crippen molar-refractivity contribution in [2.24, 2.45) is 0 Å². The molecular weight excluding hydrogens is 417 g/mol. The van der Waals surface area contributed by atoms with Crippen LogP contribution in [0.3, 0.4) is 0 Å². The third-order valence-electron chi connectivity index (χ3n) is 4.14. The zero-order valence-electron chi connectivity index (χ0n) is 16.5. The van der Waals surface area contributed by atoms with Crippen molar-refractivity contribution in [3.8, 4) is 11.6 Å². The van der Waals surface area contributed by atoms with E-state index in [0.29, 0.717) is 5.56 Å². The number of rotatable bonds is 6. The van der Waals surface area contributed by atoms with Crippen LogP contribution >= 0.6 is 0 Å². The summed E-state index contributed by atoms with van der Waals surface area (Å²) < 4.78 is 54.3. The Bertz CT molecular complexity index is 1110. The number of aromatic nitrogens is 2. The maximum atomic E-state index is 13.0. The van der Waals surface area contributed by atoms with E-state index in [2.05, 4.69) is 14.7 Å². The molecule has 2 aromatic carbocycles. The number of benzene rings is 2. The zero-order chi connectivity index (χ0) is 22.6. The summed E-state index contributed by atoms with van der Waals surface area (Å²) in [5.41, 5.74) is -0.537. The minimum absolute atomic E-state index is 0.0564. The van der Waals surface area contributed by atoms with Gasteiger partial charge in [0.1, 0.15) is 5.75 Å². The maximum Gasteiger partial charge on any atom is 0.416 e. The fourth-order valence-electron chi connectivity index (χ4n) is 2.64. The summed E-state index contributed by atoms with van der Waals surface area (Å²) in [6.07, 6.45) is -4.51. The van der Waals surface area contributed by atoms with Gasteiger partial charge >= 0.3 is 18.1 Å². The Morgan fingerprint density at radius 1 is 1.00 bits per heavy atom. The van der Waals surface area contributed by atoms with Gasteiger partial charge in [0, 0.05) is 0 Å². The quantitative estimate of drug-likeness (QED) is 0.534. The third-order valence-corrected chi connectivity index (χ3v) is 4.14. The first-order chi connectivity index (χ1) is 14.7. The summed E-state index contributed by atoms with van der Waals surface area (Å²) in [5, 5.41) is 0. The summed E-state index contributed by atoms with van der Waals surface area (Å²) in [4.78, 5) is 31.8. The van der Waals surface area contributed by atoms with Crippen LogP contribution < -0.4 is 4.74 Å². The summed E-state index contributed by atoms with van der Waals surface area (Å²) in [6.45, 7) is 1.66. The van der Waals surface area contributed by atoms with Crippen molar-refractivity contribution in [2.75, 3.05) is 13.7 Å². The monoisotopic (exact) mass is 434 g/mol. The van der Waals surface area contributed by atoms with Crippen molar-refractivity contribution in [3.05, 3.63) is 59.3 Å². The van der Waals surface area contributed by atoms with Crippen LogP contribution in [0.4, 0.5) is 13.2 Å². The number of hydrogen-bond acceptors (Lipinski definition) is 7. The summed E-state index contributed by atoms with van der Waals surface area (Å²) in [7, 11) is 1.28. The third kappa shape index (κ3) is 5.27. The van der Waals surface area contributed by atoms with E-state index in [-0.39, 0.29) is 41.4 Å². The van der Waals surface area contributed by atoms with Crippen LogP contribution in [0.1, 0.15) is 28.5 Å². The molecule has 7 nitrogen and oxygen atoms in total. The van der Waals surface area contributed by atoms with Gasteiger partial charge in [-0.2, -0.15) is 13.2 Å². The van der Waals surface area contributed by atoms with E-state index in [1.54, 1.807) is 19.1 Å². The van der Waals surface area contributed by atoms with Crippen LogP contribution in [0.5, 0.6) is 11.6 Å². The number of hydrogen-bond donors (Lipinski definition) is 0. The average molecular weight is 434 g/mol. The molecule has 0 spiro atoms. The topological polar surface area (TPSA) is 87.6 Å². The highest BCUT2D eigenvalue weighted by atomic mass is 19.4. The molecule has 0 fully saturated rings. The van der Waals surface area contributed by atoms with Crippen LogP contribution in [0.15, 0.2) is 42.5 Å². The van der Waals surface area contributed by atoms with E-state index in [0.717, 1.165) is 18.2 Å². The Morgan fingerprint density at radius 2 is 1.71 bits per heavy atom. The first-order valence-electron chi connectivity index (χ1n) is 9.11. The number of carbonyl (C=O) groups is 2. The van der Waals surface area contributed by atoms with Gasteiger partial charge in [-0.3, -0.25) is 4.79 Å². The number of esters is 2. The molecule has 3 rings (SSSR count). The van der Waals surface area contributed by atoms with Gasteiger partial charge in [-0.25, -0.2) is 14.8 Å². The van der Waals surface area contributed by atoms with Crippen molar-refractivity contribution in [1.29, 1.82) is 0 Å². The SMILES string of the molecule is CCOC(=O)c1nc2ccc(C(F)(F)F)cc2nc1Oc1ccc(CC(=O)OC)cc1. The molecule has 0 radical (unpaired) electrons. The lowest BCUT2D eigenvalue weighted by Crippen LogP contribution is -2.11. The summed E-state index contributed by atoms with van der Waals surface area (Å²) in [5.74, 6) is -1.31. The van der Waals surface area contributed by atoms with Gasteiger partial charge in [-0.1, -0.05) is 12.1 Å². The molecule has 0 unspecified atom stereocenters. The Labute approximate surface area is 174 Å². The Balaban J connectivity index is 2.00. The lowest BCUT2D eigenvalue weighted by atomic mass is 10.1. The smallest absolute Gasteiger partial charge is 0.416 e. The number of ether oxygens (including phenoxy) is 3. The molecule has 1 heterocycles. The Hall–Kier alpha value is -3.69. The standard InChI is InChI=1S/C21H17F3N2O5/c1-3-30-20(28)18-19(31-14-7-4-12(5-8-14)10-17(27)29-2)26-16-11-13(21(22,23)24)6-9-15(16)25-18/h4-9,11H,3,10H2,1-2H3. The molecule has 1 aromatic heterocycles. The van der Waals surface area contributed by atoms with Crippen LogP contribution in [0, 0.1) is 0 Å². The van der Waals surface area contributed by atoms with Crippen molar-refractivity contribution >= 4 is 23.0 Å². The Kier molecular flexibility index (Phi) is 6.38. The maximum absolute atomic E-state index is 13.0. The predicted octanol–water partition coefficient (Wildman–Crippen LogP) is 4.33. The van der Waals surface area contributed by atoms with Gasteiger partial charge in [0.2, 0.25) is 5.69 Å². The highest BCUT2D eigenvalue weighted by Gasteiger charge is 2.31. The summed E-state index contributed by atoms with van der Waals surface area (Å²) >= 11 is 0. The molecule has 31 heavy (non-hydrogen) atoms. The van der Waals surface area contributed by atoms with Crippen LogP contribution in [0.25, 0.3) is 11.0 Å². The molecule has 162 valence electrons. The first kappa shape index (κ1) is 22.0. The minimum atomic E-state index is -4.56. The van der Waals surface area contributed by atoms with Gasteiger partial charge in [0.05, 0.1) is 36.7 Å². The predicted molar refractivity (Wildman–Crippen MR) is 103 cm³/mol. The lowest BCUT2D eigenvalue weighted by Gasteiger charge is -2.12. The molecular formula is C21H17F3N2O5. The fraction of sp³-hybridized carbons (Fsp3) is 0.238. The second-order valence-electron chi connectivity index (χ2n) is 6.30. The van der Waals surface area contributed by atoms with E-state index < -0.39 is 23.7 Å². The summed E-state index contributed by atoms with van der Waals surface area (Å²) in [6, 6.07) is 9.05.